The van der Waals surface area contributed by atoms with E-state index >= 15 is 0 Å². The Morgan fingerprint density at radius 3 is 2.70 bits per heavy atom. The lowest BCUT2D eigenvalue weighted by Gasteiger charge is -2.28. The molecule has 0 aliphatic carbocycles. The molecule has 5 heteroatoms. The van der Waals surface area contributed by atoms with Gasteiger partial charge in [0.25, 0.3) is 0 Å². The second-order valence-electron chi connectivity index (χ2n) is 7.04. The maximum atomic E-state index is 12.4. The lowest BCUT2D eigenvalue weighted by atomic mass is 10.0. The Hall–Kier alpha value is -2.53. The van der Waals surface area contributed by atoms with Crippen LogP contribution in [0.4, 0.5) is 5.69 Å². The Morgan fingerprint density at radius 1 is 1.19 bits per heavy atom. The van der Waals surface area contributed by atoms with Crippen molar-refractivity contribution >= 4 is 11.6 Å². The maximum Gasteiger partial charge on any atom is 0.220 e. The highest BCUT2D eigenvalue weighted by molar-refractivity contribution is 5.76. The molecule has 1 heterocycles. The molecule has 1 amide bonds. The zero-order chi connectivity index (χ0) is 19.1. The molecule has 2 aromatic rings. The quantitative estimate of drug-likeness (QED) is 0.703. The number of nitrogens with one attached hydrogen (secondary N) is 1. The first-order valence-electron chi connectivity index (χ1n) is 9.65. The van der Waals surface area contributed by atoms with Crippen molar-refractivity contribution in [1.82, 2.24) is 10.2 Å². The van der Waals surface area contributed by atoms with Crippen molar-refractivity contribution in [3.05, 3.63) is 59.7 Å². The molecule has 0 aromatic heterocycles. The number of anilines is 1. The molecule has 0 radical (unpaired) electrons. The zero-order valence-electron chi connectivity index (χ0n) is 16.0. The smallest absolute Gasteiger partial charge is 0.220 e. The number of nitrogens with two attached hydrogens (primary N) is 1. The molecule has 0 bridgehead atoms. The number of likely N-dealkylation sites (tertiary alicyclic amines) is 1. The van der Waals surface area contributed by atoms with Crippen LogP contribution in [0.3, 0.4) is 0 Å². The van der Waals surface area contributed by atoms with Crippen molar-refractivity contribution in [2.45, 2.75) is 31.7 Å². The van der Waals surface area contributed by atoms with Gasteiger partial charge in [-0.3, -0.25) is 9.69 Å². The van der Waals surface area contributed by atoms with E-state index in [1.807, 2.05) is 36.4 Å². The summed E-state index contributed by atoms with van der Waals surface area (Å²) < 4.78 is 5.37. The summed E-state index contributed by atoms with van der Waals surface area (Å²) in [5.41, 5.74) is 8.92. The predicted molar refractivity (Wildman–Crippen MR) is 109 cm³/mol. The van der Waals surface area contributed by atoms with Gasteiger partial charge in [-0.2, -0.15) is 0 Å². The molecule has 1 atom stereocenters. The number of benzene rings is 2. The molecule has 27 heavy (non-hydrogen) atoms. The number of amides is 1. The summed E-state index contributed by atoms with van der Waals surface area (Å²) in [6.07, 6.45) is 3.52. The highest BCUT2D eigenvalue weighted by Gasteiger charge is 2.24. The lowest BCUT2D eigenvalue weighted by molar-refractivity contribution is -0.121. The van der Waals surface area contributed by atoms with Crippen molar-refractivity contribution in [2.75, 3.05) is 32.5 Å². The molecule has 3 rings (SSSR count). The highest BCUT2D eigenvalue weighted by atomic mass is 16.5. The molecule has 0 saturated carbocycles. The monoisotopic (exact) mass is 367 g/mol. The first-order chi connectivity index (χ1) is 13.2. The number of rotatable bonds is 8. The van der Waals surface area contributed by atoms with Gasteiger partial charge in [0.15, 0.2) is 0 Å². The molecule has 1 aliphatic rings. The number of hydrogen-bond donors (Lipinski definition) is 2. The molecular weight excluding hydrogens is 338 g/mol. The van der Waals surface area contributed by atoms with Gasteiger partial charge >= 0.3 is 0 Å². The third-order valence-electron chi connectivity index (χ3n) is 5.23. The zero-order valence-corrected chi connectivity index (χ0v) is 16.0. The fourth-order valence-corrected chi connectivity index (χ4v) is 3.67. The minimum Gasteiger partial charge on any atom is -0.497 e. The van der Waals surface area contributed by atoms with Gasteiger partial charge in [0.2, 0.25) is 5.91 Å². The Balaban J connectivity index is 1.60. The van der Waals surface area contributed by atoms with Gasteiger partial charge in [0.05, 0.1) is 13.2 Å². The molecule has 1 fully saturated rings. The first kappa shape index (κ1) is 19.2. The number of carbonyl (C=O) groups is 1. The van der Waals surface area contributed by atoms with E-state index in [2.05, 4.69) is 22.3 Å². The summed E-state index contributed by atoms with van der Waals surface area (Å²) in [5, 5.41) is 3.12. The second-order valence-corrected chi connectivity index (χ2v) is 7.04. The number of aryl methyl sites for hydroxylation is 1. The Kier molecular flexibility index (Phi) is 6.71. The van der Waals surface area contributed by atoms with E-state index in [1.54, 1.807) is 7.11 Å². The fraction of sp³-hybridized carbons (Fsp3) is 0.409. The Labute approximate surface area is 161 Å². The summed E-state index contributed by atoms with van der Waals surface area (Å²) in [7, 11) is 1.68. The molecule has 1 aliphatic heterocycles. The Morgan fingerprint density at radius 2 is 1.96 bits per heavy atom. The number of methoxy groups -OCH3 is 1. The average molecular weight is 367 g/mol. The van der Waals surface area contributed by atoms with Gasteiger partial charge in [0, 0.05) is 18.7 Å². The summed E-state index contributed by atoms with van der Waals surface area (Å²) in [5.74, 6) is 0.910. The maximum absolute atomic E-state index is 12.4. The molecule has 3 N–H and O–H groups in total. The van der Waals surface area contributed by atoms with Crippen molar-refractivity contribution in [1.29, 1.82) is 0 Å². The van der Waals surface area contributed by atoms with E-state index in [-0.39, 0.29) is 11.9 Å². The minimum absolute atomic E-state index is 0.0605. The summed E-state index contributed by atoms with van der Waals surface area (Å²) >= 11 is 0. The number of para-hydroxylation sites is 1. The third kappa shape index (κ3) is 5.23. The van der Waals surface area contributed by atoms with E-state index in [1.165, 1.54) is 18.4 Å². The summed E-state index contributed by atoms with van der Waals surface area (Å²) in [6.45, 7) is 2.74. The number of ether oxygens (including phenoxy) is 1. The number of nitrogens with zero attached hydrogens (tertiary/aromatic N) is 1. The van der Waals surface area contributed by atoms with Crippen LogP contribution in [0.25, 0.3) is 0 Å². The minimum atomic E-state index is 0.0605. The molecule has 5 nitrogen and oxygen atoms in total. The topological polar surface area (TPSA) is 67.6 Å². The standard InChI is InChI=1S/C22H29N3O2/c1-27-19-9-6-8-18(15-19)21(25-13-4-5-14-25)16-24-22(26)12-11-17-7-2-3-10-20(17)23/h2-3,6-10,15,21H,4-5,11-14,16,23H2,1H3,(H,24,26). The van der Waals surface area contributed by atoms with Gasteiger partial charge < -0.3 is 15.8 Å². The van der Waals surface area contributed by atoms with Crippen LogP contribution < -0.4 is 15.8 Å². The molecule has 1 saturated heterocycles. The van der Waals surface area contributed by atoms with E-state index in [0.717, 1.165) is 30.1 Å². The van der Waals surface area contributed by atoms with Gasteiger partial charge in [-0.05, 0) is 61.7 Å². The van der Waals surface area contributed by atoms with Gasteiger partial charge in [-0.1, -0.05) is 30.3 Å². The molecular formula is C22H29N3O2. The molecule has 0 spiro atoms. The van der Waals surface area contributed by atoms with E-state index in [9.17, 15) is 4.79 Å². The van der Waals surface area contributed by atoms with Crippen LogP contribution in [0.2, 0.25) is 0 Å². The molecule has 144 valence electrons. The van der Waals surface area contributed by atoms with Gasteiger partial charge in [-0.15, -0.1) is 0 Å². The normalized spacial score (nSPS) is 15.4. The average Bonchev–Trinajstić information content (AvgIpc) is 3.22. The van der Waals surface area contributed by atoms with Gasteiger partial charge in [-0.25, -0.2) is 0 Å². The van der Waals surface area contributed by atoms with Crippen LogP contribution in [0.15, 0.2) is 48.5 Å². The van der Waals surface area contributed by atoms with Crippen molar-refractivity contribution in [3.63, 3.8) is 0 Å². The summed E-state index contributed by atoms with van der Waals surface area (Å²) in [6, 6.07) is 16.0. The van der Waals surface area contributed by atoms with E-state index in [0.29, 0.717) is 19.4 Å². The number of hydrogen-bond acceptors (Lipinski definition) is 4. The van der Waals surface area contributed by atoms with Crippen molar-refractivity contribution in [2.24, 2.45) is 0 Å². The van der Waals surface area contributed by atoms with E-state index < -0.39 is 0 Å². The van der Waals surface area contributed by atoms with E-state index in [4.69, 9.17) is 10.5 Å². The predicted octanol–water partition coefficient (Wildman–Crippen LogP) is 3.16. The van der Waals surface area contributed by atoms with Crippen LogP contribution in [-0.2, 0) is 11.2 Å². The van der Waals surface area contributed by atoms with Crippen LogP contribution in [0.1, 0.15) is 36.4 Å². The number of carbonyl (C=O) groups excluding carboxylic acids is 1. The summed E-state index contributed by atoms with van der Waals surface area (Å²) in [4.78, 5) is 14.9. The third-order valence-corrected chi connectivity index (χ3v) is 5.23. The number of nitrogen functional groups attached to an aromatic ring is 1. The second kappa shape index (κ2) is 9.42. The Bertz CT molecular complexity index is 757. The highest BCUT2D eigenvalue weighted by Crippen LogP contribution is 2.27. The lowest BCUT2D eigenvalue weighted by Crippen LogP contribution is -2.36. The van der Waals surface area contributed by atoms with Crippen LogP contribution in [0, 0.1) is 0 Å². The van der Waals surface area contributed by atoms with Crippen molar-refractivity contribution < 1.29 is 9.53 Å². The van der Waals surface area contributed by atoms with Gasteiger partial charge in [0.1, 0.15) is 5.75 Å². The largest absolute Gasteiger partial charge is 0.497 e. The SMILES string of the molecule is COc1cccc(C(CNC(=O)CCc2ccccc2N)N2CCCC2)c1. The molecule has 1 unspecified atom stereocenters. The fourth-order valence-electron chi connectivity index (χ4n) is 3.67. The van der Waals surface area contributed by atoms with Crippen LogP contribution in [-0.4, -0.2) is 37.6 Å². The molecule has 2 aromatic carbocycles. The first-order valence-corrected chi connectivity index (χ1v) is 9.65. The van der Waals surface area contributed by atoms with Crippen molar-refractivity contribution in [3.8, 4) is 5.75 Å². The van der Waals surface area contributed by atoms with Crippen LogP contribution in [0.5, 0.6) is 5.75 Å². The van der Waals surface area contributed by atoms with Crippen LogP contribution >= 0.6 is 0 Å².